The number of nitrogens with one attached hydrogen (secondary N) is 1. The van der Waals surface area contributed by atoms with Crippen molar-refractivity contribution in [3.63, 3.8) is 0 Å². The fraction of sp³-hybridized carbons (Fsp3) is 0.0526. The van der Waals surface area contributed by atoms with E-state index in [2.05, 4.69) is 25.6 Å². The van der Waals surface area contributed by atoms with Crippen molar-refractivity contribution in [2.45, 2.75) is 0 Å². The van der Waals surface area contributed by atoms with E-state index in [1.54, 1.807) is 48.5 Å². The number of phenolic OH excluding ortho intramolecular Hbond substituents is 1. The van der Waals surface area contributed by atoms with Crippen LogP contribution in [0.2, 0.25) is 0 Å². The van der Waals surface area contributed by atoms with Gasteiger partial charge in [0.25, 0.3) is 0 Å². The molecule has 0 aliphatic carbocycles. The lowest BCUT2D eigenvalue weighted by Crippen LogP contribution is -2.00. The van der Waals surface area contributed by atoms with Gasteiger partial charge in [-0.3, -0.25) is 5.43 Å². The molecule has 8 nitrogen and oxygen atoms in total. The largest absolute Gasteiger partial charge is 0.508 e. The van der Waals surface area contributed by atoms with E-state index < -0.39 is 0 Å². The highest BCUT2D eigenvalue weighted by Crippen LogP contribution is 2.23. The number of hydrogen-bond donors (Lipinski definition) is 2. The number of hydrazone groups is 1. The normalized spacial score (nSPS) is 11.1. The molecule has 0 fully saturated rings. The molecule has 2 heterocycles. The Hall–Kier alpha value is -3.94. The number of rotatable bonds is 5. The van der Waals surface area contributed by atoms with Crippen LogP contribution in [0.5, 0.6) is 11.5 Å². The van der Waals surface area contributed by atoms with Crippen LogP contribution in [0.3, 0.4) is 0 Å². The lowest BCUT2D eigenvalue weighted by molar-refractivity contribution is 0.414. The number of fused-ring (bicyclic) bond motifs is 1. The summed E-state index contributed by atoms with van der Waals surface area (Å²) in [6.07, 6.45) is 4.78. The van der Waals surface area contributed by atoms with Gasteiger partial charge in [-0.25, -0.2) is 14.6 Å². The van der Waals surface area contributed by atoms with Gasteiger partial charge in [-0.2, -0.15) is 10.2 Å². The summed E-state index contributed by atoms with van der Waals surface area (Å²) in [5.41, 5.74) is 5.25. The van der Waals surface area contributed by atoms with E-state index in [0.717, 1.165) is 22.4 Å². The summed E-state index contributed by atoms with van der Waals surface area (Å²) in [6, 6.07) is 14.3. The number of phenols is 1. The number of nitrogens with zero attached hydrogens (tertiary/aromatic N) is 5. The number of hydrogen-bond acceptors (Lipinski definition) is 7. The summed E-state index contributed by atoms with van der Waals surface area (Å²) >= 11 is 0. The number of benzene rings is 2. The summed E-state index contributed by atoms with van der Waals surface area (Å²) < 4.78 is 6.99. The summed E-state index contributed by atoms with van der Waals surface area (Å²) in [7, 11) is 1.62. The Kier molecular flexibility index (Phi) is 4.36. The maximum Gasteiger partial charge on any atom is 0.168 e. The van der Waals surface area contributed by atoms with Crippen LogP contribution in [0.4, 0.5) is 5.82 Å². The Morgan fingerprint density at radius 2 is 2.00 bits per heavy atom. The predicted molar refractivity (Wildman–Crippen MR) is 103 cm³/mol. The number of aromatic nitrogens is 4. The first-order chi connectivity index (χ1) is 13.2. The molecule has 4 rings (SSSR count). The molecule has 27 heavy (non-hydrogen) atoms. The zero-order valence-electron chi connectivity index (χ0n) is 14.4. The Labute approximate surface area is 154 Å². The van der Waals surface area contributed by atoms with Gasteiger partial charge in [0.2, 0.25) is 0 Å². The second-order valence-electron chi connectivity index (χ2n) is 5.68. The Morgan fingerprint density at radius 1 is 1.15 bits per heavy atom. The zero-order valence-corrected chi connectivity index (χ0v) is 14.4. The molecule has 0 spiro atoms. The van der Waals surface area contributed by atoms with Crippen molar-refractivity contribution in [2.24, 2.45) is 5.10 Å². The van der Waals surface area contributed by atoms with Crippen LogP contribution < -0.4 is 10.2 Å². The van der Waals surface area contributed by atoms with Gasteiger partial charge in [-0.1, -0.05) is 6.07 Å². The average molecular weight is 360 g/mol. The van der Waals surface area contributed by atoms with Crippen LogP contribution in [0, 0.1) is 0 Å². The fourth-order valence-corrected chi connectivity index (χ4v) is 2.59. The molecule has 0 saturated carbocycles. The van der Waals surface area contributed by atoms with Gasteiger partial charge in [-0.15, -0.1) is 0 Å². The van der Waals surface area contributed by atoms with Crippen molar-refractivity contribution in [2.75, 3.05) is 12.5 Å². The molecule has 2 N–H and O–H groups in total. The number of methoxy groups -OCH3 is 1. The van der Waals surface area contributed by atoms with E-state index in [1.165, 1.54) is 6.33 Å². The Bertz CT molecular complexity index is 1100. The molecule has 2 aromatic heterocycles. The molecule has 2 aromatic carbocycles. The topological polar surface area (TPSA) is 97.5 Å². The standard InChI is InChI=1S/C19H16N6O2/c1-27-16-4-2-3-14(9-16)25-19-17(11-23-25)18(20-12-21-19)24-22-10-13-5-7-15(26)8-6-13/h2-12,26H,1H3,(H,20,21,24)/b22-10+. The molecule has 0 saturated heterocycles. The molecule has 0 unspecified atom stereocenters. The van der Waals surface area contributed by atoms with Crippen LogP contribution in [0.25, 0.3) is 16.7 Å². The molecule has 134 valence electrons. The van der Waals surface area contributed by atoms with Crippen molar-refractivity contribution >= 4 is 23.1 Å². The first kappa shape index (κ1) is 16.5. The van der Waals surface area contributed by atoms with Gasteiger partial charge in [0.05, 0.1) is 30.6 Å². The molecule has 0 aliphatic rings. The molecule has 0 aliphatic heterocycles. The molecular weight excluding hydrogens is 344 g/mol. The highest BCUT2D eigenvalue weighted by atomic mass is 16.5. The summed E-state index contributed by atoms with van der Waals surface area (Å²) in [6.45, 7) is 0. The van der Waals surface area contributed by atoms with Crippen LogP contribution >= 0.6 is 0 Å². The maximum absolute atomic E-state index is 9.31. The minimum absolute atomic E-state index is 0.211. The van der Waals surface area contributed by atoms with Crippen molar-refractivity contribution in [3.05, 3.63) is 66.6 Å². The molecular formula is C19H16N6O2. The van der Waals surface area contributed by atoms with Gasteiger partial charge in [0, 0.05) is 6.07 Å². The predicted octanol–water partition coefficient (Wildman–Crippen LogP) is 2.98. The van der Waals surface area contributed by atoms with Crippen LogP contribution in [0.15, 0.2) is 66.2 Å². The lowest BCUT2D eigenvalue weighted by atomic mass is 10.2. The first-order valence-electron chi connectivity index (χ1n) is 8.16. The smallest absolute Gasteiger partial charge is 0.168 e. The van der Waals surface area contributed by atoms with Gasteiger partial charge in [-0.05, 0) is 42.0 Å². The van der Waals surface area contributed by atoms with E-state index >= 15 is 0 Å². The molecule has 4 aromatic rings. The first-order valence-corrected chi connectivity index (χ1v) is 8.16. The lowest BCUT2D eigenvalue weighted by Gasteiger charge is -2.06. The molecule has 0 bridgehead atoms. The third kappa shape index (κ3) is 3.40. The second-order valence-corrected chi connectivity index (χ2v) is 5.68. The summed E-state index contributed by atoms with van der Waals surface area (Å²) in [5.74, 6) is 1.49. The number of ether oxygens (including phenoxy) is 1. The van der Waals surface area contributed by atoms with Crippen molar-refractivity contribution < 1.29 is 9.84 Å². The third-order valence-corrected chi connectivity index (χ3v) is 3.94. The van der Waals surface area contributed by atoms with E-state index in [9.17, 15) is 5.11 Å². The van der Waals surface area contributed by atoms with Gasteiger partial charge < -0.3 is 9.84 Å². The Morgan fingerprint density at radius 3 is 2.81 bits per heavy atom. The molecule has 0 amide bonds. The molecule has 0 atom stereocenters. The van der Waals surface area contributed by atoms with Gasteiger partial charge in [0.15, 0.2) is 11.5 Å². The third-order valence-electron chi connectivity index (χ3n) is 3.94. The van der Waals surface area contributed by atoms with E-state index in [0.29, 0.717) is 11.5 Å². The van der Waals surface area contributed by atoms with Crippen LogP contribution in [-0.2, 0) is 0 Å². The van der Waals surface area contributed by atoms with E-state index in [4.69, 9.17) is 4.74 Å². The van der Waals surface area contributed by atoms with Crippen LogP contribution in [0.1, 0.15) is 5.56 Å². The molecule has 8 heteroatoms. The van der Waals surface area contributed by atoms with Crippen molar-refractivity contribution in [3.8, 4) is 17.2 Å². The van der Waals surface area contributed by atoms with Gasteiger partial charge in [0.1, 0.15) is 17.8 Å². The minimum atomic E-state index is 0.211. The van der Waals surface area contributed by atoms with Crippen LogP contribution in [-0.4, -0.2) is 38.2 Å². The average Bonchev–Trinajstić information content (AvgIpc) is 3.14. The monoisotopic (exact) mass is 360 g/mol. The maximum atomic E-state index is 9.31. The summed E-state index contributed by atoms with van der Waals surface area (Å²) in [4.78, 5) is 8.58. The summed E-state index contributed by atoms with van der Waals surface area (Å²) in [5, 5.41) is 18.7. The minimum Gasteiger partial charge on any atom is -0.508 e. The number of aromatic hydroxyl groups is 1. The SMILES string of the molecule is COc1cccc(-n2ncc3c(N/N=C/c4ccc(O)cc4)ncnc32)c1. The fourth-order valence-electron chi connectivity index (χ4n) is 2.59. The zero-order chi connectivity index (χ0) is 18.6. The molecule has 0 radical (unpaired) electrons. The second kappa shape index (κ2) is 7.12. The quantitative estimate of drug-likeness (QED) is 0.419. The van der Waals surface area contributed by atoms with E-state index in [-0.39, 0.29) is 5.75 Å². The Balaban J connectivity index is 1.63. The van der Waals surface area contributed by atoms with Gasteiger partial charge >= 0.3 is 0 Å². The van der Waals surface area contributed by atoms with Crippen molar-refractivity contribution in [1.82, 2.24) is 19.7 Å². The van der Waals surface area contributed by atoms with Crippen molar-refractivity contribution in [1.29, 1.82) is 0 Å². The van der Waals surface area contributed by atoms with E-state index in [1.807, 2.05) is 24.3 Å². The number of anilines is 1. The highest BCUT2D eigenvalue weighted by molar-refractivity contribution is 5.88. The highest BCUT2D eigenvalue weighted by Gasteiger charge is 2.11.